The summed E-state index contributed by atoms with van der Waals surface area (Å²) in [6.07, 6.45) is 2.70. The van der Waals surface area contributed by atoms with Gasteiger partial charge in [0.2, 0.25) is 0 Å². The van der Waals surface area contributed by atoms with Gasteiger partial charge in [-0.05, 0) is 35.6 Å². The second-order valence-corrected chi connectivity index (χ2v) is 4.88. The lowest BCUT2D eigenvalue weighted by molar-refractivity contribution is 1.08. The fraction of sp³-hybridized carbons (Fsp3) is 0.278. The Kier molecular flexibility index (Phi) is 4.94. The molecule has 2 aromatic rings. The van der Waals surface area contributed by atoms with Crippen molar-refractivity contribution in [2.24, 2.45) is 10.7 Å². The molecule has 20 heavy (non-hydrogen) atoms. The van der Waals surface area contributed by atoms with E-state index in [1.165, 1.54) is 16.7 Å². The summed E-state index contributed by atoms with van der Waals surface area (Å²) in [5.74, 6) is 0.673. The number of amidine groups is 1. The first-order valence-corrected chi connectivity index (χ1v) is 7.22. The predicted octanol–water partition coefficient (Wildman–Crippen LogP) is 4.04. The summed E-state index contributed by atoms with van der Waals surface area (Å²) < 4.78 is 0. The van der Waals surface area contributed by atoms with Crippen LogP contribution in [0.4, 0.5) is 5.69 Å². The number of hydrogen-bond acceptors (Lipinski definition) is 1. The van der Waals surface area contributed by atoms with Gasteiger partial charge in [0.15, 0.2) is 0 Å². The van der Waals surface area contributed by atoms with Crippen LogP contribution >= 0.6 is 0 Å². The average molecular weight is 266 g/mol. The number of nitrogens with zero attached hydrogens (tertiary/aromatic N) is 1. The largest absolute Gasteiger partial charge is 0.387 e. The molecule has 0 spiro atoms. The van der Waals surface area contributed by atoms with Crippen molar-refractivity contribution in [1.29, 1.82) is 0 Å². The van der Waals surface area contributed by atoms with E-state index in [-0.39, 0.29) is 0 Å². The second kappa shape index (κ2) is 6.90. The van der Waals surface area contributed by atoms with E-state index in [1.54, 1.807) is 0 Å². The Bertz CT molecular complexity index is 600. The number of rotatable bonds is 5. The Hall–Kier alpha value is -2.09. The number of aryl methyl sites for hydroxylation is 2. The fourth-order valence-electron chi connectivity index (χ4n) is 2.38. The Morgan fingerprint density at radius 2 is 1.40 bits per heavy atom. The molecule has 2 aromatic carbocycles. The quantitative estimate of drug-likeness (QED) is 0.643. The lowest BCUT2D eigenvalue weighted by Crippen LogP contribution is -2.15. The van der Waals surface area contributed by atoms with Crippen molar-refractivity contribution in [3.63, 3.8) is 0 Å². The Balaban J connectivity index is 2.23. The molecular formula is C18H22N2. The van der Waals surface area contributed by atoms with Crippen LogP contribution in [-0.4, -0.2) is 5.84 Å². The molecule has 0 aliphatic carbocycles. The Morgan fingerprint density at radius 3 is 2.05 bits per heavy atom. The van der Waals surface area contributed by atoms with Crippen LogP contribution in [0.1, 0.15) is 30.5 Å². The number of aliphatic imine (C=N–C) groups is 1. The molecular weight excluding hydrogens is 244 g/mol. The zero-order chi connectivity index (χ0) is 14.4. The summed E-state index contributed by atoms with van der Waals surface area (Å²) >= 11 is 0. The van der Waals surface area contributed by atoms with Gasteiger partial charge in [-0.1, -0.05) is 56.3 Å². The van der Waals surface area contributed by atoms with E-state index in [1.807, 2.05) is 18.2 Å². The summed E-state index contributed by atoms with van der Waals surface area (Å²) in [6, 6.07) is 16.6. The molecule has 0 bridgehead atoms. The van der Waals surface area contributed by atoms with E-state index in [2.05, 4.69) is 49.2 Å². The summed E-state index contributed by atoms with van der Waals surface area (Å²) in [5.41, 5.74) is 11.0. The molecule has 2 rings (SSSR count). The van der Waals surface area contributed by atoms with Crippen LogP contribution in [0.3, 0.4) is 0 Å². The highest BCUT2D eigenvalue weighted by Gasteiger charge is 2.04. The molecule has 0 radical (unpaired) electrons. The molecule has 104 valence electrons. The van der Waals surface area contributed by atoms with Gasteiger partial charge in [0.05, 0.1) is 5.69 Å². The third-order valence-corrected chi connectivity index (χ3v) is 3.51. The van der Waals surface area contributed by atoms with Gasteiger partial charge in [0.25, 0.3) is 0 Å². The molecule has 2 nitrogen and oxygen atoms in total. The summed E-state index contributed by atoms with van der Waals surface area (Å²) in [6.45, 7) is 4.30. The predicted molar refractivity (Wildman–Crippen MR) is 86.6 cm³/mol. The van der Waals surface area contributed by atoms with Crippen molar-refractivity contribution < 1.29 is 0 Å². The zero-order valence-corrected chi connectivity index (χ0v) is 12.3. The molecule has 0 aliphatic heterocycles. The maximum absolute atomic E-state index is 6.13. The Morgan fingerprint density at radius 1 is 0.850 bits per heavy atom. The number of hydrogen-bond donors (Lipinski definition) is 1. The summed E-state index contributed by atoms with van der Waals surface area (Å²) in [4.78, 5) is 4.59. The fourth-order valence-corrected chi connectivity index (χ4v) is 2.38. The van der Waals surface area contributed by atoms with Crippen LogP contribution in [0, 0.1) is 0 Å². The van der Waals surface area contributed by atoms with Gasteiger partial charge in [0, 0.05) is 6.42 Å². The maximum atomic E-state index is 6.13. The highest BCUT2D eigenvalue weighted by atomic mass is 14.9. The van der Waals surface area contributed by atoms with Crippen LogP contribution in [0.15, 0.2) is 53.5 Å². The smallest absolute Gasteiger partial charge is 0.104 e. The number of para-hydroxylation sites is 1. The van der Waals surface area contributed by atoms with Crippen molar-refractivity contribution in [2.45, 2.75) is 33.1 Å². The highest BCUT2D eigenvalue weighted by Crippen LogP contribution is 2.19. The average Bonchev–Trinajstić information content (AvgIpc) is 2.48. The van der Waals surface area contributed by atoms with E-state index in [0.717, 1.165) is 18.5 Å². The maximum Gasteiger partial charge on any atom is 0.104 e. The molecule has 0 aliphatic rings. The molecule has 2 N–H and O–H groups in total. The lowest BCUT2D eigenvalue weighted by Gasteiger charge is -2.08. The normalized spacial score (nSPS) is 11.6. The molecule has 0 aromatic heterocycles. The van der Waals surface area contributed by atoms with Crippen molar-refractivity contribution in [3.05, 3.63) is 65.2 Å². The molecule has 2 heteroatoms. The first kappa shape index (κ1) is 14.3. The van der Waals surface area contributed by atoms with Crippen LogP contribution in [0.2, 0.25) is 0 Å². The molecule has 0 unspecified atom stereocenters. The summed E-state index contributed by atoms with van der Waals surface area (Å²) in [5, 5.41) is 0. The van der Waals surface area contributed by atoms with Crippen molar-refractivity contribution in [1.82, 2.24) is 0 Å². The topological polar surface area (TPSA) is 38.4 Å². The van der Waals surface area contributed by atoms with Gasteiger partial charge in [-0.3, -0.25) is 0 Å². The van der Waals surface area contributed by atoms with E-state index in [0.29, 0.717) is 12.3 Å². The van der Waals surface area contributed by atoms with Gasteiger partial charge >= 0.3 is 0 Å². The highest BCUT2D eigenvalue weighted by molar-refractivity contribution is 5.85. The Labute approximate surface area is 121 Å². The van der Waals surface area contributed by atoms with E-state index < -0.39 is 0 Å². The molecule has 0 heterocycles. The van der Waals surface area contributed by atoms with E-state index >= 15 is 0 Å². The van der Waals surface area contributed by atoms with E-state index in [4.69, 9.17) is 5.73 Å². The standard InChI is InChI=1S/C18H22N2/c1-3-14-9-5-6-11-16(14)13-18(19)20-17-12-8-7-10-15(17)4-2/h5-12H,3-4,13H2,1-2H3,(H2,19,20). The third-order valence-electron chi connectivity index (χ3n) is 3.51. The van der Waals surface area contributed by atoms with Gasteiger partial charge in [0.1, 0.15) is 5.84 Å². The monoisotopic (exact) mass is 266 g/mol. The molecule has 0 saturated carbocycles. The molecule has 0 saturated heterocycles. The van der Waals surface area contributed by atoms with Crippen LogP contribution in [-0.2, 0) is 19.3 Å². The zero-order valence-electron chi connectivity index (χ0n) is 12.3. The number of benzene rings is 2. The minimum atomic E-state index is 0.673. The minimum Gasteiger partial charge on any atom is -0.387 e. The molecule has 0 fully saturated rings. The molecule has 0 amide bonds. The van der Waals surface area contributed by atoms with Crippen molar-refractivity contribution >= 4 is 11.5 Å². The first-order valence-electron chi connectivity index (χ1n) is 7.22. The second-order valence-electron chi connectivity index (χ2n) is 4.88. The lowest BCUT2D eigenvalue weighted by atomic mass is 10.0. The van der Waals surface area contributed by atoms with Crippen LogP contribution in [0.25, 0.3) is 0 Å². The van der Waals surface area contributed by atoms with E-state index in [9.17, 15) is 0 Å². The van der Waals surface area contributed by atoms with Crippen molar-refractivity contribution in [3.8, 4) is 0 Å². The molecule has 0 atom stereocenters. The minimum absolute atomic E-state index is 0.673. The van der Waals surface area contributed by atoms with Crippen LogP contribution in [0.5, 0.6) is 0 Å². The van der Waals surface area contributed by atoms with Gasteiger partial charge in [-0.15, -0.1) is 0 Å². The van der Waals surface area contributed by atoms with Gasteiger partial charge in [-0.2, -0.15) is 0 Å². The van der Waals surface area contributed by atoms with Crippen molar-refractivity contribution in [2.75, 3.05) is 0 Å². The first-order chi connectivity index (χ1) is 9.74. The van der Waals surface area contributed by atoms with Gasteiger partial charge < -0.3 is 5.73 Å². The van der Waals surface area contributed by atoms with Crippen LogP contribution < -0.4 is 5.73 Å². The number of nitrogens with two attached hydrogens (primary N) is 1. The third kappa shape index (κ3) is 3.47. The SMILES string of the molecule is CCc1ccccc1CC(N)=Nc1ccccc1CC. The summed E-state index contributed by atoms with van der Waals surface area (Å²) in [7, 11) is 0. The van der Waals surface area contributed by atoms with Gasteiger partial charge in [-0.25, -0.2) is 4.99 Å².